The first kappa shape index (κ1) is 20.0. The molecule has 0 aromatic heterocycles. The van der Waals surface area contributed by atoms with Crippen LogP contribution in [0.5, 0.6) is 0 Å². The summed E-state index contributed by atoms with van der Waals surface area (Å²) in [5.74, 6) is -0.562. The number of hydrogen-bond donors (Lipinski definition) is 3. The smallest absolute Gasteiger partial charge is 0.251 e. The summed E-state index contributed by atoms with van der Waals surface area (Å²) >= 11 is 11.7. The lowest BCUT2D eigenvalue weighted by atomic mass is 9.92. The molecule has 0 heterocycles. The zero-order valence-corrected chi connectivity index (χ0v) is 14.8. The molecule has 0 atom stereocenters. The molecule has 1 fully saturated rings. The van der Waals surface area contributed by atoms with E-state index in [9.17, 15) is 9.59 Å². The van der Waals surface area contributed by atoms with Gasteiger partial charge >= 0.3 is 0 Å². The van der Waals surface area contributed by atoms with E-state index in [0.29, 0.717) is 15.6 Å². The van der Waals surface area contributed by atoms with Crippen LogP contribution < -0.4 is 16.4 Å². The second-order valence-electron chi connectivity index (χ2n) is 5.49. The van der Waals surface area contributed by atoms with E-state index in [1.165, 1.54) is 6.07 Å². The van der Waals surface area contributed by atoms with Crippen molar-refractivity contribution in [1.29, 1.82) is 0 Å². The summed E-state index contributed by atoms with van der Waals surface area (Å²) in [7, 11) is 0. The van der Waals surface area contributed by atoms with E-state index in [2.05, 4.69) is 10.6 Å². The normalized spacial score (nSPS) is 20.3. The minimum Gasteiger partial charge on any atom is -0.352 e. The number of hydrogen-bond acceptors (Lipinski definition) is 3. The summed E-state index contributed by atoms with van der Waals surface area (Å²) in [4.78, 5) is 23.8. The van der Waals surface area contributed by atoms with Crippen molar-refractivity contribution in [3.05, 3.63) is 33.8 Å². The highest BCUT2D eigenvalue weighted by atomic mass is 35.5. The van der Waals surface area contributed by atoms with E-state index in [1.54, 1.807) is 12.1 Å². The maximum absolute atomic E-state index is 11.9. The van der Waals surface area contributed by atoms with Gasteiger partial charge in [0.05, 0.1) is 16.6 Å². The number of halogens is 3. The SMILES string of the molecule is Cl.NC1CCC(NC(=O)CNC(=O)c2ccc(Cl)c(Cl)c2)CC1. The van der Waals surface area contributed by atoms with Crippen LogP contribution in [0.2, 0.25) is 10.0 Å². The van der Waals surface area contributed by atoms with Gasteiger partial charge in [-0.25, -0.2) is 0 Å². The lowest BCUT2D eigenvalue weighted by Crippen LogP contribution is -2.44. The molecule has 0 aliphatic heterocycles. The maximum atomic E-state index is 11.9. The lowest BCUT2D eigenvalue weighted by molar-refractivity contribution is -0.121. The monoisotopic (exact) mass is 379 g/mol. The molecule has 2 amide bonds. The Hall–Kier alpha value is -1.01. The van der Waals surface area contributed by atoms with Crippen molar-refractivity contribution in [1.82, 2.24) is 10.6 Å². The van der Waals surface area contributed by atoms with Gasteiger partial charge in [-0.2, -0.15) is 0 Å². The number of carbonyl (C=O) groups is 2. The fourth-order valence-corrected chi connectivity index (χ4v) is 2.74. The molecule has 0 saturated heterocycles. The van der Waals surface area contributed by atoms with Crippen LogP contribution in [-0.4, -0.2) is 30.4 Å². The quantitative estimate of drug-likeness (QED) is 0.750. The van der Waals surface area contributed by atoms with E-state index in [1.807, 2.05) is 0 Å². The fourth-order valence-electron chi connectivity index (χ4n) is 2.44. The van der Waals surface area contributed by atoms with E-state index in [-0.39, 0.29) is 42.8 Å². The van der Waals surface area contributed by atoms with E-state index >= 15 is 0 Å². The molecule has 0 bridgehead atoms. The Labute approximate surface area is 151 Å². The Morgan fingerprint density at radius 1 is 1.13 bits per heavy atom. The average Bonchev–Trinajstić information content (AvgIpc) is 2.50. The second-order valence-corrected chi connectivity index (χ2v) is 6.31. The molecule has 0 radical (unpaired) electrons. The highest BCUT2D eigenvalue weighted by Crippen LogP contribution is 2.22. The molecular weight excluding hydrogens is 361 g/mol. The highest BCUT2D eigenvalue weighted by Gasteiger charge is 2.20. The van der Waals surface area contributed by atoms with Gasteiger partial charge in [0.1, 0.15) is 0 Å². The van der Waals surface area contributed by atoms with Crippen LogP contribution in [0.25, 0.3) is 0 Å². The van der Waals surface area contributed by atoms with Crippen molar-refractivity contribution < 1.29 is 9.59 Å². The van der Waals surface area contributed by atoms with E-state index in [4.69, 9.17) is 28.9 Å². The predicted octanol–water partition coefficient (Wildman–Crippen LogP) is 2.53. The maximum Gasteiger partial charge on any atom is 0.251 e. The van der Waals surface area contributed by atoms with Crippen LogP contribution in [0.4, 0.5) is 0 Å². The van der Waals surface area contributed by atoms with E-state index < -0.39 is 0 Å². The molecule has 1 saturated carbocycles. The third-order valence-corrected chi connectivity index (χ3v) is 4.47. The van der Waals surface area contributed by atoms with Gasteiger partial charge in [0, 0.05) is 17.6 Å². The molecular formula is C15H20Cl3N3O2. The van der Waals surface area contributed by atoms with Crippen LogP contribution in [0.1, 0.15) is 36.0 Å². The topological polar surface area (TPSA) is 84.2 Å². The zero-order valence-electron chi connectivity index (χ0n) is 12.5. The van der Waals surface area contributed by atoms with Crippen molar-refractivity contribution in [2.24, 2.45) is 5.73 Å². The largest absolute Gasteiger partial charge is 0.352 e. The molecule has 1 aromatic rings. The van der Waals surface area contributed by atoms with Gasteiger partial charge in [0.15, 0.2) is 0 Å². The molecule has 23 heavy (non-hydrogen) atoms. The predicted molar refractivity (Wildman–Crippen MR) is 94.4 cm³/mol. The fraction of sp³-hybridized carbons (Fsp3) is 0.467. The van der Waals surface area contributed by atoms with E-state index in [0.717, 1.165) is 25.7 Å². The number of rotatable bonds is 4. The summed E-state index contributed by atoms with van der Waals surface area (Å²) in [6, 6.07) is 4.96. The summed E-state index contributed by atoms with van der Waals surface area (Å²) in [5, 5.41) is 6.16. The van der Waals surface area contributed by atoms with Gasteiger partial charge in [0.25, 0.3) is 5.91 Å². The summed E-state index contributed by atoms with van der Waals surface area (Å²) in [5.41, 5.74) is 6.19. The Kier molecular flexibility index (Phi) is 8.12. The van der Waals surface area contributed by atoms with Gasteiger partial charge in [0.2, 0.25) is 5.91 Å². The molecule has 4 N–H and O–H groups in total. The third-order valence-electron chi connectivity index (χ3n) is 3.73. The number of nitrogens with one attached hydrogen (secondary N) is 2. The standard InChI is InChI=1S/C15H19Cl2N3O2.ClH/c16-12-6-1-9(7-13(12)17)15(22)19-8-14(21)20-11-4-2-10(18)3-5-11;/h1,6-7,10-11H,2-5,8,18H2,(H,19,22)(H,20,21);1H. The minimum atomic E-state index is -0.362. The zero-order chi connectivity index (χ0) is 16.1. The van der Waals surface area contributed by atoms with Gasteiger partial charge < -0.3 is 16.4 Å². The van der Waals surface area contributed by atoms with Crippen LogP contribution in [0.3, 0.4) is 0 Å². The van der Waals surface area contributed by atoms with Crippen molar-refractivity contribution in [3.8, 4) is 0 Å². The lowest BCUT2D eigenvalue weighted by Gasteiger charge is -2.26. The second kappa shape index (κ2) is 9.33. The van der Waals surface area contributed by atoms with Crippen molar-refractivity contribution in [3.63, 3.8) is 0 Å². The van der Waals surface area contributed by atoms with Crippen LogP contribution in [-0.2, 0) is 4.79 Å². The number of amides is 2. The molecule has 0 spiro atoms. The minimum absolute atomic E-state index is 0. The van der Waals surface area contributed by atoms with Crippen molar-refractivity contribution in [2.75, 3.05) is 6.54 Å². The first-order valence-corrected chi connectivity index (χ1v) is 7.99. The Morgan fingerprint density at radius 2 is 1.78 bits per heavy atom. The molecule has 1 aliphatic carbocycles. The first-order valence-electron chi connectivity index (χ1n) is 7.24. The first-order chi connectivity index (χ1) is 10.5. The Morgan fingerprint density at radius 3 is 2.39 bits per heavy atom. The molecule has 1 aliphatic rings. The molecule has 8 heteroatoms. The Balaban J connectivity index is 0.00000264. The van der Waals surface area contributed by atoms with Crippen molar-refractivity contribution in [2.45, 2.75) is 37.8 Å². The number of nitrogens with two attached hydrogens (primary N) is 1. The van der Waals surface area contributed by atoms with Crippen molar-refractivity contribution >= 4 is 47.4 Å². The van der Waals surface area contributed by atoms with Crippen LogP contribution in [0.15, 0.2) is 18.2 Å². The average molecular weight is 381 g/mol. The van der Waals surface area contributed by atoms with Crippen LogP contribution >= 0.6 is 35.6 Å². The molecule has 128 valence electrons. The number of benzene rings is 1. The van der Waals surface area contributed by atoms with Gasteiger partial charge in [-0.15, -0.1) is 12.4 Å². The summed E-state index contributed by atoms with van der Waals surface area (Å²) in [6.07, 6.45) is 3.60. The third kappa shape index (κ3) is 6.18. The molecule has 5 nitrogen and oxygen atoms in total. The van der Waals surface area contributed by atoms with Gasteiger partial charge in [-0.05, 0) is 43.9 Å². The summed E-state index contributed by atoms with van der Waals surface area (Å²) < 4.78 is 0. The van der Waals surface area contributed by atoms with Crippen LogP contribution in [0, 0.1) is 0 Å². The summed E-state index contributed by atoms with van der Waals surface area (Å²) in [6.45, 7) is -0.0678. The molecule has 2 rings (SSSR count). The van der Waals surface area contributed by atoms with Gasteiger partial charge in [-0.1, -0.05) is 23.2 Å². The highest BCUT2D eigenvalue weighted by molar-refractivity contribution is 6.42. The Bertz CT molecular complexity index is 561. The number of carbonyl (C=O) groups excluding carboxylic acids is 2. The molecule has 1 aromatic carbocycles. The molecule has 0 unspecified atom stereocenters. The van der Waals surface area contributed by atoms with Gasteiger partial charge in [-0.3, -0.25) is 9.59 Å².